The molecule has 0 spiro atoms. The van der Waals surface area contributed by atoms with Crippen molar-refractivity contribution >= 4 is 5.71 Å². The maximum Gasteiger partial charge on any atom is 0.174 e. The Balaban J connectivity index is 3.03. The molecule has 4 heteroatoms. The van der Waals surface area contributed by atoms with E-state index in [1.165, 1.54) is 5.57 Å². The predicted octanol–water partition coefficient (Wildman–Crippen LogP) is 1.78. The molecule has 0 saturated heterocycles. The summed E-state index contributed by atoms with van der Waals surface area (Å²) >= 11 is 0. The van der Waals surface area contributed by atoms with Crippen LogP contribution in [0.25, 0.3) is 0 Å². The van der Waals surface area contributed by atoms with Gasteiger partial charge in [-0.05, 0) is 32.3 Å². The molecule has 0 aliphatic heterocycles. The highest BCUT2D eigenvalue weighted by Gasteiger charge is 2.07. The average molecular weight is 200 g/mol. The zero-order valence-electron chi connectivity index (χ0n) is 8.62. The summed E-state index contributed by atoms with van der Waals surface area (Å²) in [4.78, 5) is 4.09. The Morgan fingerprint density at radius 2 is 2.13 bits per heavy atom. The molecule has 0 bridgehead atoms. The molecule has 4 nitrogen and oxygen atoms in total. The number of nitriles is 2. The fourth-order valence-corrected chi connectivity index (χ4v) is 1.41. The van der Waals surface area contributed by atoms with Crippen LogP contribution in [0.4, 0.5) is 0 Å². The van der Waals surface area contributed by atoms with Crippen molar-refractivity contribution in [3.63, 3.8) is 0 Å². The summed E-state index contributed by atoms with van der Waals surface area (Å²) in [5, 5.41) is 17.3. The van der Waals surface area contributed by atoms with Crippen molar-refractivity contribution in [2.45, 2.75) is 26.2 Å². The molecule has 0 radical (unpaired) electrons. The van der Waals surface area contributed by atoms with E-state index in [-0.39, 0.29) is 11.4 Å². The van der Waals surface area contributed by atoms with Crippen molar-refractivity contribution in [1.29, 1.82) is 10.5 Å². The van der Waals surface area contributed by atoms with Crippen LogP contribution >= 0.6 is 0 Å². The van der Waals surface area contributed by atoms with Crippen LogP contribution in [0.3, 0.4) is 0 Å². The topological polar surface area (TPSA) is 86.0 Å². The first-order chi connectivity index (χ1) is 7.17. The number of nitrogens with zero attached hydrogens (tertiary/aromatic N) is 3. The summed E-state index contributed by atoms with van der Waals surface area (Å²) in [6, 6.07) is 3.55. The highest BCUT2D eigenvalue weighted by atomic mass is 14.8. The maximum absolute atomic E-state index is 8.76. The molecule has 2 N–H and O–H groups in total. The number of hydrogen-bond acceptors (Lipinski definition) is 4. The quantitative estimate of drug-likeness (QED) is 0.654. The van der Waals surface area contributed by atoms with Crippen LogP contribution in [-0.4, -0.2) is 5.71 Å². The third-order valence-corrected chi connectivity index (χ3v) is 2.15. The number of nitrogens with two attached hydrogens (primary N) is 1. The van der Waals surface area contributed by atoms with Crippen LogP contribution in [0.2, 0.25) is 0 Å². The van der Waals surface area contributed by atoms with Gasteiger partial charge in [-0.25, -0.2) is 4.99 Å². The molecule has 76 valence electrons. The van der Waals surface area contributed by atoms with E-state index in [1.54, 1.807) is 6.07 Å². The lowest BCUT2D eigenvalue weighted by atomic mass is 9.99. The van der Waals surface area contributed by atoms with Gasteiger partial charge in [0.1, 0.15) is 17.8 Å². The van der Waals surface area contributed by atoms with Crippen LogP contribution in [0.5, 0.6) is 0 Å². The Labute approximate surface area is 89.0 Å². The molecule has 0 aromatic heterocycles. The van der Waals surface area contributed by atoms with Gasteiger partial charge >= 0.3 is 0 Å². The smallest absolute Gasteiger partial charge is 0.174 e. The minimum Gasteiger partial charge on any atom is -0.388 e. The normalized spacial score (nSPS) is 19.9. The molecule has 0 fully saturated rings. The molecule has 0 aromatic rings. The largest absolute Gasteiger partial charge is 0.388 e. The Morgan fingerprint density at radius 1 is 1.40 bits per heavy atom. The number of rotatable bonds is 1. The Kier molecular flexibility index (Phi) is 3.65. The lowest BCUT2D eigenvalue weighted by Gasteiger charge is -2.10. The second kappa shape index (κ2) is 4.97. The first-order valence-electron chi connectivity index (χ1n) is 4.72. The van der Waals surface area contributed by atoms with Gasteiger partial charge in [-0.3, -0.25) is 0 Å². The van der Waals surface area contributed by atoms with Crippen molar-refractivity contribution in [3.8, 4) is 12.1 Å². The molecule has 0 unspecified atom stereocenters. The van der Waals surface area contributed by atoms with Gasteiger partial charge in [-0.2, -0.15) is 10.5 Å². The SMILES string of the molecule is CC1=CC(=N/C(C#N)=C(\N)C#N)CCC1. The molecule has 15 heavy (non-hydrogen) atoms. The van der Waals surface area contributed by atoms with Crippen LogP contribution in [0.15, 0.2) is 28.0 Å². The lowest BCUT2D eigenvalue weighted by molar-refractivity contribution is 0.835. The third kappa shape index (κ3) is 2.96. The molecule has 1 rings (SSSR count). The van der Waals surface area contributed by atoms with Gasteiger partial charge in [-0.15, -0.1) is 0 Å². The molecule has 0 saturated carbocycles. The van der Waals surface area contributed by atoms with Gasteiger partial charge in [0, 0.05) is 5.71 Å². The minimum atomic E-state index is -0.123. The Hall–Kier alpha value is -2.07. The fourth-order valence-electron chi connectivity index (χ4n) is 1.41. The van der Waals surface area contributed by atoms with Crippen molar-refractivity contribution in [2.24, 2.45) is 10.7 Å². The summed E-state index contributed by atoms with van der Waals surface area (Å²) in [5.74, 6) is 0. The van der Waals surface area contributed by atoms with Crippen LogP contribution in [0, 0.1) is 22.7 Å². The molecule has 0 aromatic carbocycles. The Bertz CT molecular complexity index is 426. The van der Waals surface area contributed by atoms with Crippen molar-refractivity contribution in [1.82, 2.24) is 0 Å². The zero-order chi connectivity index (χ0) is 11.3. The highest BCUT2D eigenvalue weighted by molar-refractivity contribution is 5.97. The van der Waals surface area contributed by atoms with Crippen molar-refractivity contribution in [3.05, 3.63) is 23.0 Å². The van der Waals surface area contributed by atoms with Gasteiger partial charge in [0.15, 0.2) is 5.70 Å². The van der Waals surface area contributed by atoms with E-state index in [4.69, 9.17) is 16.3 Å². The van der Waals surface area contributed by atoms with E-state index in [2.05, 4.69) is 4.99 Å². The first kappa shape index (κ1) is 11.0. The maximum atomic E-state index is 8.76. The van der Waals surface area contributed by atoms with E-state index in [0.717, 1.165) is 25.0 Å². The van der Waals surface area contributed by atoms with E-state index >= 15 is 0 Å². The van der Waals surface area contributed by atoms with E-state index in [1.807, 2.05) is 19.1 Å². The van der Waals surface area contributed by atoms with E-state index in [0.29, 0.717) is 0 Å². The molecular formula is C11H12N4. The minimum absolute atomic E-state index is 0.0125. The van der Waals surface area contributed by atoms with Gasteiger partial charge in [0.05, 0.1) is 0 Å². The second-order valence-electron chi connectivity index (χ2n) is 3.43. The molecule has 0 amide bonds. The summed E-state index contributed by atoms with van der Waals surface area (Å²) in [5.41, 5.74) is 7.31. The summed E-state index contributed by atoms with van der Waals surface area (Å²) in [6.45, 7) is 2.03. The van der Waals surface area contributed by atoms with Crippen molar-refractivity contribution in [2.75, 3.05) is 0 Å². The monoisotopic (exact) mass is 200 g/mol. The molecule has 1 aliphatic rings. The molecular weight excluding hydrogens is 188 g/mol. The summed E-state index contributed by atoms with van der Waals surface area (Å²) < 4.78 is 0. The van der Waals surface area contributed by atoms with Gasteiger partial charge in [0.25, 0.3) is 0 Å². The fraction of sp³-hybridized carbons (Fsp3) is 0.364. The second-order valence-corrected chi connectivity index (χ2v) is 3.43. The lowest BCUT2D eigenvalue weighted by Crippen LogP contribution is -2.04. The third-order valence-electron chi connectivity index (χ3n) is 2.15. The van der Waals surface area contributed by atoms with E-state index < -0.39 is 0 Å². The van der Waals surface area contributed by atoms with Gasteiger partial charge < -0.3 is 5.73 Å². The zero-order valence-corrected chi connectivity index (χ0v) is 8.62. The van der Waals surface area contributed by atoms with Crippen molar-refractivity contribution < 1.29 is 0 Å². The number of aliphatic imine (C=N–C) groups is 1. The first-order valence-corrected chi connectivity index (χ1v) is 4.72. The summed E-state index contributed by atoms with van der Waals surface area (Å²) in [7, 11) is 0. The van der Waals surface area contributed by atoms with Crippen LogP contribution in [-0.2, 0) is 0 Å². The van der Waals surface area contributed by atoms with Gasteiger partial charge in [-0.1, -0.05) is 5.57 Å². The number of allylic oxidation sites excluding steroid dienone is 4. The van der Waals surface area contributed by atoms with Crippen LogP contribution in [0.1, 0.15) is 26.2 Å². The molecule has 1 aliphatic carbocycles. The standard InChI is InChI=1S/C11H12N4/c1-8-3-2-4-9(5-8)15-11(7-13)10(14)6-12/h5H,2-4,14H2,1H3/b11-10-,15-9?. The summed E-state index contributed by atoms with van der Waals surface area (Å²) in [6.07, 6.45) is 4.89. The average Bonchev–Trinajstić information content (AvgIpc) is 2.25. The predicted molar refractivity (Wildman–Crippen MR) is 57.5 cm³/mol. The highest BCUT2D eigenvalue weighted by Crippen LogP contribution is 2.16. The van der Waals surface area contributed by atoms with Crippen LogP contribution < -0.4 is 5.73 Å². The number of hydrogen-bond donors (Lipinski definition) is 1. The van der Waals surface area contributed by atoms with Gasteiger partial charge in [0.2, 0.25) is 0 Å². The molecule has 0 heterocycles. The molecule has 0 atom stereocenters. The Morgan fingerprint density at radius 3 is 2.67 bits per heavy atom. The van der Waals surface area contributed by atoms with E-state index in [9.17, 15) is 0 Å².